The van der Waals surface area contributed by atoms with Crippen LogP contribution in [-0.4, -0.2) is 35.9 Å². The van der Waals surface area contributed by atoms with E-state index in [2.05, 4.69) is 0 Å². The van der Waals surface area contributed by atoms with E-state index in [9.17, 15) is 14.9 Å². The Hall–Kier alpha value is -3.09. The zero-order valence-electron chi connectivity index (χ0n) is 14.5. The fraction of sp³-hybridized carbons (Fsp3) is 0.316. The summed E-state index contributed by atoms with van der Waals surface area (Å²) >= 11 is 0. The second-order valence-corrected chi connectivity index (χ2v) is 6.03. The first-order chi connectivity index (χ1) is 12.6. The summed E-state index contributed by atoms with van der Waals surface area (Å²) in [5, 5.41) is 11.4. The van der Waals surface area contributed by atoms with Gasteiger partial charge in [0.15, 0.2) is 5.75 Å². The molecular formula is C19H20N2O5. The number of hydrogen-bond donors (Lipinski definition) is 0. The number of benzene rings is 2. The third-order valence-electron chi connectivity index (χ3n) is 4.35. The molecule has 1 aliphatic rings. The molecule has 7 nitrogen and oxygen atoms in total. The lowest BCUT2D eigenvalue weighted by Gasteiger charge is -2.24. The van der Waals surface area contributed by atoms with E-state index in [0.717, 1.165) is 12.8 Å². The fourth-order valence-corrected chi connectivity index (χ4v) is 2.99. The Kier molecular flexibility index (Phi) is 5.36. The molecule has 0 aliphatic carbocycles. The maximum absolute atomic E-state index is 13.0. The minimum absolute atomic E-state index is 0.0391. The van der Waals surface area contributed by atoms with Crippen LogP contribution in [0.2, 0.25) is 0 Å². The lowest BCUT2D eigenvalue weighted by molar-refractivity contribution is -0.386. The maximum Gasteiger partial charge on any atom is 0.314 e. The smallest absolute Gasteiger partial charge is 0.314 e. The number of nitro benzene ring substituents is 1. The van der Waals surface area contributed by atoms with Gasteiger partial charge in [0.05, 0.1) is 18.1 Å². The molecule has 1 heterocycles. The Morgan fingerprint density at radius 2 is 1.85 bits per heavy atom. The topological polar surface area (TPSA) is 81.9 Å². The van der Waals surface area contributed by atoms with Gasteiger partial charge >= 0.3 is 5.69 Å². The van der Waals surface area contributed by atoms with Gasteiger partial charge in [-0.2, -0.15) is 0 Å². The molecule has 26 heavy (non-hydrogen) atoms. The first-order valence-electron chi connectivity index (χ1n) is 8.43. The first-order valence-corrected chi connectivity index (χ1v) is 8.43. The molecule has 0 spiro atoms. The number of rotatable bonds is 6. The highest BCUT2D eigenvalue weighted by molar-refractivity contribution is 5.83. The quantitative estimate of drug-likeness (QED) is 0.586. The lowest BCUT2D eigenvalue weighted by atomic mass is 10.1. The van der Waals surface area contributed by atoms with Crippen molar-refractivity contribution in [2.24, 2.45) is 0 Å². The molecule has 0 aromatic heterocycles. The number of hydrogen-bond acceptors (Lipinski definition) is 5. The Morgan fingerprint density at radius 3 is 2.46 bits per heavy atom. The summed E-state index contributed by atoms with van der Waals surface area (Å²) in [5.74, 6) is 0.210. The summed E-state index contributed by atoms with van der Waals surface area (Å²) in [7, 11) is 1.43. The molecule has 3 rings (SSSR count). The van der Waals surface area contributed by atoms with Crippen LogP contribution in [0.5, 0.6) is 11.5 Å². The van der Waals surface area contributed by atoms with Gasteiger partial charge in [0, 0.05) is 18.7 Å². The van der Waals surface area contributed by atoms with Crippen LogP contribution in [0.3, 0.4) is 0 Å². The Morgan fingerprint density at radius 1 is 1.15 bits per heavy atom. The zero-order valence-corrected chi connectivity index (χ0v) is 14.5. The SMILES string of the molecule is COc1ccc(O[C@H](C(=O)N2CCCC2)c2ccccc2)c([N+](=O)[O-])c1. The van der Waals surface area contributed by atoms with E-state index in [0.29, 0.717) is 24.4 Å². The van der Waals surface area contributed by atoms with Crippen LogP contribution in [0.4, 0.5) is 5.69 Å². The largest absolute Gasteiger partial charge is 0.496 e. The molecule has 0 bridgehead atoms. The third kappa shape index (κ3) is 3.77. The van der Waals surface area contributed by atoms with E-state index in [1.807, 2.05) is 18.2 Å². The van der Waals surface area contributed by atoms with Crippen LogP contribution in [-0.2, 0) is 4.79 Å². The molecule has 0 N–H and O–H groups in total. The molecule has 7 heteroatoms. The zero-order chi connectivity index (χ0) is 18.5. The van der Waals surface area contributed by atoms with Gasteiger partial charge in [-0.05, 0) is 25.0 Å². The summed E-state index contributed by atoms with van der Waals surface area (Å²) in [6.45, 7) is 1.35. The molecule has 0 radical (unpaired) electrons. The predicted molar refractivity (Wildman–Crippen MR) is 95.3 cm³/mol. The number of nitro groups is 1. The molecule has 1 aliphatic heterocycles. The van der Waals surface area contributed by atoms with E-state index in [1.165, 1.54) is 19.2 Å². The van der Waals surface area contributed by atoms with E-state index in [4.69, 9.17) is 9.47 Å². The minimum Gasteiger partial charge on any atom is -0.496 e. The molecule has 1 fully saturated rings. The second-order valence-electron chi connectivity index (χ2n) is 6.03. The molecule has 1 amide bonds. The van der Waals surface area contributed by atoms with E-state index >= 15 is 0 Å². The predicted octanol–water partition coefficient (Wildman–Crippen LogP) is 3.35. The number of carbonyl (C=O) groups is 1. The lowest BCUT2D eigenvalue weighted by Crippen LogP contribution is -2.35. The van der Waals surface area contributed by atoms with Gasteiger partial charge in [-0.3, -0.25) is 14.9 Å². The van der Waals surface area contributed by atoms with Crippen LogP contribution in [0, 0.1) is 10.1 Å². The van der Waals surface area contributed by atoms with Crippen molar-refractivity contribution in [2.45, 2.75) is 18.9 Å². The van der Waals surface area contributed by atoms with Crippen molar-refractivity contribution >= 4 is 11.6 Å². The van der Waals surface area contributed by atoms with Crippen LogP contribution >= 0.6 is 0 Å². The molecule has 1 saturated heterocycles. The van der Waals surface area contributed by atoms with Gasteiger partial charge in [0.2, 0.25) is 6.10 Å². The number of carbonyl (C=O) groups excluding carboxylic acids is 1. The normalized spacial score (nSPS) is 14.7. The molecule has 136 valence electrons. The van der Waals surface area contributed by atoms with Crippen molar-refractivity contribution in [2.75, 3.05) is 20.2 Å². The average molecular weight is 356 g/mol. The van der Waals surface area contributed by atoms with Crippen LogP contribution in [0.15, 0.2) is 48.5 Å². The number of methoxy groups -OCH3 is 1. The molecule has 0 saturated carbocycles. The molecule has 2 aromatic carbocycles. The van der Waals surface area contributed by atoms with Crippen molar-refractivity contribution in [1.29, 1.82) is 0 Å². The summed E-state index contributed by atoms with van der Waals surface area (Å²) in [4.78, 5) is 25.6. The van der Waals surface area contributed by atoms with Crippen molar-refractivity contribution < 1.29 is 19.2 Å². The summed E-state index contributed by atoms with van der Waals surface area (Å²) < 4.78 is 10.9. The van der Waals surface area contributed by atoms with E-state index < -0.39 is 11.0 Å². The summed E-state index contributed by atoms with van der Waals surface area (Å²) in [6, 6.07) is 13.4. The average Bonchev–Trinajstić information content (AvgIpc) is 3.21. The summed E-state index contributed by atoms with van der Waals surface area (Å²) in [5.41, 5.74) is 0.425. The van der Waals surface area contributed by atoms with Crippen LogP contribution in [0.1, 0.15) is 24.5 Å². The van der Waals surface area contributed by atoms with Crippen LogP contribution in [0.25, 0.3) is 0 Å². The third-order valence-corrected chi connectivity index (χ3v) is 4.35. The van der Waals surface area contributed by atoms with Gasteiger partial charge < -0.3 is 14.4 Å². The van der Waals surface area contributed by atoms with Crippen molar-refractivity contribution in [3.05, 3.63) is 64.2 Å². The van der Waals surface area contributed by atoms with Crippen molar-refractivity contribution in [3.63, 3.8) is 0 Å². The Balaban J connectivity index is 1.95. The number of ether oxygens (including phenoxy) is 2. The number of amides is 1. The van der Waals surface area contributed by atoms with Crippen molar-refractivity contribution in [3.8, 4) is 11.5 Å². The number of nitrogens with zero attached hydrogens (tertiary/aromatic N) is 2. The van der Waals surface area contributed by atoms with Gasteiger partial charge in [-0.25, -0.2) is 0 Å². The fourth-order valence-electron chi connectivity index (χ4n) is 2.99. The number of likely N-dealkylation sites (tertiary alicyclic amines) is 1. The van der Waals surface area contributed by atoms with E-state index in [-0.39, 0.29) is 17.3 Å². The monoisotopic (exact) mass is 356 g/mol. The molecule has 0 unspecified atom stereocenters. The highest BCUT2D eigenvalue weighted by Gasteiger charge is 2.31. The summed E-state index contributed by atoms with van der Waals surface area (Å²) in [6.07, 6.45) is 0.979. The highest BCUT2D eigenvalue weighted by Crippen LogP contribution is 2.35. The van der Waals surface area contributed by atoms with Crippen LogP contribution < -0.4 is 9.47 Å². The minimum atomic E-state index is -0.929. The van der Waals surface area contributed by atoms with Gasteiger partial charge in [0.25, 0.3) is 5.91 Å². The van der Waals surface area contributed by atoms with Gasteiger partial charge in [0.1, 0.15) is 5.75 Å². The Bertz CT molecular complexity index is 788. The van der Waals surface area contributed by atoms with Gasteiger partial charge in [-0.1, -0.05) is 30.3 Å². The molecule has 1 atom stereocenters. The maximum atomic E-state index is 13.0. The first kappa shape index (κ1) is 17.7. The molecule has 2 aromatic rings. The Labute approximate surface area is 151 Å². The van der Waals surface area contributed by atoms with E-state index in [1.54, 1.807) is 23.1 Å². The van der Waals surface area contributed by atoms with Crippen molar-refractivity contribution in [1.82, 2.24) is 4.90 Å². The standard InChI is InChI=1S/C19H20N2O5/c1-25-15-9-10-17(16(13-15)21(23)24)26-18(14-7-3-2-4-8-14)19(22)20-11-5-6-12-20/h2-4,7-10,13,18H,5-6,11-12H2,1H3/t18-/m0/s1. The second kappa shape index (κ2) is 7.86. The highest BCUT2D eigenvalue weighted by atomic mass is 16.6. The van der Waals surface area contributed by atoms with Gasteiger partial charge in [-0.15, -0.1) is 0 Å². The molecular weight excluding hydrogens is 336 g/mol.